The molecule has 4 N–H and O–H groups in total. The first-order chi connectivity index (χ1) is 5.34. The van der Waals surface area contributed by atoms with Gasteiger partial charge < -0.3 is 0 Å². The lowest BCUT2D eigenvalue weighted by molar-refractivity contribution is 0.112. The fourth-order valence-electron chi connectivity index (χ4n) is 0.571. The number of halogens is 1. The molecule has 0 aliphatic heterocycles. The van der Waals surface area contributed by atoms with Crippen molar-refractivity contribution in [1.29, 1.82) is 0 Å². The lowest BCUT2D eigenvalue weighted by Gasteiger charge is -1.90. The van der Waals surface area contributed by atoms with Crippen molar-refractivity contribution in [2.75, 3.05) is 0 Å². The molecule has 0 spiro atoms. The summed E-state index contributed by atoms with van der Waals surface area (Å²) in [5, 5.41) is 0.507. The number of benzene rings is 1. The molecule has 60 valence electrons. The van der Waals surface area contributed by atoms with Crippen molar-refractivity contribution in [3.05, 3.63) is 34.9 Å². The molecule has 11 heavy (non-hydrogen) atoms. The van der Waals surface area contributed by atoms with Crippen LogP contribution in [0.4, 0.5) is 0 Å². The molecular weight excluding hydrogens is 164 g/mol. The minimum absolute atomic E-state index is 0.507. The summed E-state index contributed by atoms with van der Waals surface area (Å²) in [6, 6.07) is 6.92. The van der Waals surface area contributed by atoms with Crippen LogP contribution >= 0.6 is 11.6 Å². The fraction of sp³-hybridized carbons (Fsp3) is 0. The van der Waals surface area contributed by atoms with E-state index in [2.05, 4.69) is 11.7 Å². The van der Waals surface area contributed by atoms with Crippen molar-refractivity contribution >= 4 is 17.9 Å². The molecule has 0 aromatic heterocycles. The van der Waals surface area contributed by atoms with Gasteiger partial charge in [0.25, 0.3) is 0 Å². The second-order valence-corrected chi connectivity index (χ2v) is 2.05. The highest BCUT2D eigenvalue weighted by Crippen LogP contribution is 2.11. The van der Waals surface area contributed by atoms with E-state index in [1.807, 2.05) is 0 Å². The molecule has 1 rings (SSSR count). The summed E-state index contributed by atoms with van der Waals surface area (Å²) in [5.74, 6) is 8.00. The molecule has 0 fully saturated rings. The summed E-state index contributed by atoms with van der Waals surface area (Å²) in [5.41, 5.74) is 0.541. The SMILES string of the molecule is NN.O=Cc1ccccc1Cl. The molecule has 0 atom stereocenters. The maximum Gasteiger partial charge on any atom is 0.151 e. The molecule has 0 radical (unpaired) electrons. The van der Waals surface area contributed by atoms with Gasteiger partial charge in [0, 0.05) is 5.56 Å². The van der Waals surface area contributed by atoms with Crippen LogP contribution in [-0.4, -0.2) is 6.29 Å². The van der Waals surface area contributed by atoms with Crippen molar-refractivity contribution in [3.63, 3.8) is 0 Å². The van der Waals surface area contributed by atoms with Crippen molar-refractivity contribution in [1.82, 2.24) is 0 Å². The zero-order valence-corrected chi connectivity index (χ0v) is 6.58. The minimum Gasteiger partial charge on any atom is -0.298 e. The highest BCUT2D eigenvalue weighted by molar-refractivity contribution is 6.32. The average Bonchev–Trinajstić information content (AvgIpc) is 2.09. The summed E-state index contributed by atoms with van der Waals surface area (Å²) in [4.78, 5) is 10.1. The van der Waals surface area contributed by atoms with Gasteiger partial charge in [0.2, 0.25) is 0 Å². The van der Waals surface area contributed by atoms with Crippen LogP contribution in [0.25, 0.3) is 0 Å². The number of carbonyl (C=O) groups is 1. The predicted molar refractivity (Wildman–Crippen MR) is 45.2 cm³/mol. The van der Waals surface area contributed by atoms with E-state index in [0.29, 0.717) is 10.6 Å². The molecule has 0 heterocycles. The van der Waals surface area contributed by atoms with Crippen LogP contribution in [0.1, 0.15) is 10.4 Å². The van der Waals surface area contributed by atoms with Gasteiger partial charge in [0.15, 0.2) is 6.29 Å². The van der Waals surface area contributed by atoms with Gasteiger partial charge in [-0.25, -0.2) is 0 Å². The lowest BCUT2D eigenvalue weighted by atomic mass is 10.2. The summed E-state index contributed by atoms with van der Waals surface area (Å²) >= 11 is 5.59. The van der Waals surface area contributed by atoms with Gasteiger partial charge in [-0.3, -0.25) is 16.5 Å². The maximum atomic E-state index is 10.1. The number of hydrogen-bond acceptors (Lipinski definition) is 3. The molecule has 0 aliphatic carbocycles. The molecule has 0 aliphatic rings. The number of carbonyl (C=O) groups excluding carboxylic acids is 1. The van der Waals surface area contributed by atoms with Gasteiger partial charge in [-0.15, -0.1) is 0 Å². The number of aldehydes is 1. The van der Waals surface area contributed by atoms with E-state index in [1.54, 1.807) is 24.3 Å². The Kier molecular flexibility index (Phi) is 5.37. The Morgan fingerprint density at radius 3 is 2.18 bits per heavy atom. The standard InChI is InChI=1S/C7H5ClO.H4N2/c8-7-4-2-1-3-6(7)5-9;1-2/h1-5H;1-2H2. The number of nitrogens with two attached hydrogens (primary N) is 2. The second kappa shape index (κ2) is 5.85. The van der Waals surface area contributed by atoms with Gasteiger partial charge in [-0.1, -0.05) is 29.8 Å². The summed E-state index contributed by atoms with van der Waals surface area (Å²) in [6.45, 7) is 0. The first kappa shape index (κ1) is 10.1. The van der Waals surface area contributed by atoms with Crippen LogP contribution in [0.3, 0.4) is 0 Å². The zero-order chi connectivity index (χ0) is 8.69. The first-order valence-corrected chi connectivity index (χ1v) is 3.25. The molecule has 0 saturated heterocycles. The molecular formula is C7H9ClN2O. The Morgan fingerprint density at radius 2 is 1.82 bits per heavy atom. The van der Waals surface area contributed by atoms with E-state index in [4.69, 9.17) is 11.6 Å². The quantitative estimate of drug-likeness (QED) is 0.377. The van der Waals surface area contributed by atoms with Gasteiger partial charge in [-0.2, -0.15) is 0 Å². The number of rotatable bonds is 1. The van der Waals surface area contributed by atoms with Crippen LogP contribution < -0.4 is 11.7 Å². The Morgan fingerprint density at radius 1 is 1.27 bits per heavy atom. The molecule has 0 amide bonds. The monoisotopic (exact) mass is 172 g/mol. The molecule has 1 aromatic carbocycles. The van der Waals surface area contributed by atoms with Crippen LogP contribution in [0.2, 0.25) is 5.02 Å². The zero-order valence-electron chi connectivity index (χ0n) is 5.83. The molecule has 1 aromatic rings. The van der Waals surface area contributed by atoms with Gasteiger partial charge in [0.1, 0.15) is 0 Å². The second-order valence-electron chi connectivity index (χ2n) is 1.64. The summed E-state index contributed by atoms with van der Waals surface area (Å²) in [6.07, 6.45) is 0.738. The Labute approximate surface area is 69.9 Å². The largest absolute Gasteiger partial charge is 0.298 e. The fourth-order valence-corrected chi connectivity index (χ4v) is 0.751. The third kappa shape index (κ3) is 3.13. The van der Waals surface area contributed by atoms with Crippen LogP contribution in [0.5, 0.6) is 0 Å². The van der Waals surface area contributed by atoms with E-state index in [-0.39, 0.29) is 0 Å². The average molecular weight is 173 g/mol. The van der Waals surface area contributed by atoms with E-state index in [9.17, 15) is 4.79 Å². The maximum absolute atomic E-state index is 10.1. The molecule has 0 bridgehead atoms. The minimum atomic E-state index is 0.507. The first-order valence-electron chi connectivity index (χ1n) is 2.87. The smallest absolute Gasteiger partial charge is 0.151 e. The topological polar surface area (TPSA) is 69.1 Å². The van der Waals surface area contributed by atoms with E-state index < -0.39 is 0 Å². The lowest BCUT2D eigenvalue weighted by Crippen LogP contribution is -2.02. The molecule has 3 nitrogen and oxygen atoms in total. The Balaban J connectivity index is 0.000000461. The Bertz CT molecular complexity index is 227. The molecule has 0 unspecified atom stereocenters. The van der Waals surface area contributed by atoms with Crippen molar-refractivity contribution in [2.45, 2.75) is 0 Å². The van der Waals surface area contributed by atoms with Gasteiger partial charge >= 0.3 is 0 Å². The highest BCUT2D eigenvalue weighted by atomic mass is 35.5. The van der Waals surface area contributed by atoms with Gasteiger partial charge in [0.05, 0.1) is 5.02 Å². The Hall–Kier alpha value is -0.900. The number of hydrogen-bond donors (Lipinski definition) is 2. The van der Waals surface area contributed by atoms with E-state index >= 15 is 0 Å². The van der Waals surface area contributed by atoms with Crippen LogP contribution in [-0.2, 0) is 0 Å². The summed E-state index contributed by atoms with van der Waals surface area (Å²) in [7, 11) is 0. The van der Waals surface area contributed by atoms with Crippen molar-refractivity contribution in [2.24, 2.45) is 11.7 Å². The van der Waals surface area contributed by atoms with E-state index in [0.717, 1.165) is 6.29 Å². The van der Waals surface area contributed by atoms with Crippen LogP contribution in [0.15, 0.2) is 24.3 Å². The molecule has 4 heteroatoms. The third-order valence-corrected chi connectivity index (χ3v) is 1.38. The van der Waals surface area contributed by atoms with Crippen molar-refractivity contribution in [3.8, 4) is 0 Å². The normalized spacial score (nSPS) is 7.91. The number of hydrazine groups is 1. The summed E-state index contributed by atoms with van der Waals surface area (Å²) < 4.78 is 0. The van der Waals surface area contributed by atoms with Crippen LogP contribution in [0, 0.1) is 0 Å². The van der Waals surface area contributed by atoms with Crippen molar-refractivity contribution < 1.29 is 4.79 Å². The van der Waals surface area contributed by atoms with E-state index in [1.165, 1.54) is 0 Å². The van der Waals surface area contributed by atoms with Gasteiger partial charge in [-0.05, 0) is 6.07 Å². The third-order valence-electron chi connectivity index (χ3n) is 1.03. The molecule has 0 saturated carbocycles. The highest BCUT2D eigenvalue weighted by Gasteiger charge is 1.92. The predicted octanol–water partition coefficient (Wildman–Crippen LogP) is 0.971.